The van der Waals surface area contributed by atoms with Gasteiger partial charge in [0.05, 0.1) is 5.69 Å². The van der Waals surface area contributed by atoms with E-state index in [1.807, 2.05) is 35.7 Å². The van der Waals surface area contributed by atoms with Crippen molar-refractivity contribution in [3.05, 3.63) is 58.4 Å². The van der Waals surface area contributed by atoms with Crippen LogP contribution in [0.4, 0.5) is 10.8 Å². The minimum Gasteiger partial charge on any atom is -0.478 e. The van der Waals surface area contributed by atoms with Crippen molar-refractivity contribution < 1.29 is 14.3 Å². The number of thiazole rings is 1. The van der Waals surface area contributed by atoms with Crippen LogP contribution in [0.5, 0.6) is 5.75 Å². The molecular weight excluding hydrogens is 454 g/mol. The lowest BCUT2D eigenvalue weighted by molar-refractivity contribution is -0.128. The SMILES string of the molecule is CC(=O)Nc1nc(-c2cccc(NC(=O)C(C)(C)Oc3ccc(Br)cc3)c2)cs1. The van der Waals surface area contributed by atoms with Crippen LogP contribution in [0.2, 0.25) is 0 Å². The number of hydrogen-bond acceptors (Lipinski definition) is 5. The summed E-state index contributed by atoms with van der Waals surface area (Å²) in [7, 11) is 0. The quantitative estimate of drug-likeness (QED) is 0.506. The smallest absolute Gasteiger partial charge is 0.267 e. The highest BCUT2D eigenvalue weighted by Gasteiger charge is 2.30. The van der Waals surface area contributed by atoms with Crippen LogP contribution >= 0.6 is 27.3 Å². The number of rotatable bonds is 6. The Kier molecular flexibility index (Phi) is 6.34. The molecule has 1 heterocycles. The molecule has 0 fully saturated rings. The first-order chi connectivity index (χ1) is 13.7. The van der Waals surface area contributed by atoms with Gasteiger partial charge in [-0.3, -0.25) is 9.59 Å². The Morgan fingerprint density at radius 1 is 1.10 bits per heavy atom. The van der Waals surface area contributed by atoms with Gasteiger partial charge in [-0.25, -0.2) is 4.98 Å². The number of amides is 2. The van der Waals surface area contributed by atoms with Crippen molar-refractivity contribution in [1.29, 1.82) is 0 Å². The van der Waals surface area contributed by atoms with Crippen LogP contribution in [0, 0.1) is 0 Å². The molecule has 0 atom stereocenters. The summed E-state index contributed by atoms with van der Waals surface area (Å²) in [5.74, 6) is 0.171. The third-order valence-electron chi connectivity index (χ3n) is 3.94. The van der Waals surface area contributed by atoms with E-state index < -0.39 is 5.60 Å². The molecule has 0 radical (unpaired) electrons. The highest BCUT2D eigenvalue weighted by molar-refractivity contribution is 9.10. The third kappa shape index (κ3) is 5.65. The van der Waals surface area contributed by atoms with Gasteiger partial charge in [-0.15, -0.1) is 11.3 Å². The van der Waals surface area contributed by atoms with Crippen LogP contribution in [-0.2, 0) is 9.59 Å². The van der Waals surface area contributed by atoms with Crippen molar-refractivity contribution in [3.8, 4) is 17.0 Å². The second-order valence-electron chi connectivity index (χ2n) is 6.82. The molecule has 0 unspecified atom stereocenters. The van der Waals surface area contributed by atoms with Gasteiger partial charge in [-0.1, -0.05) is 28.1 Å². The molecule has 0 aliphatic carbocycles. The minimum atomic E-state index is -1.07. The molecule has 29 heavy (non-hydrogen) atoms. The Morgan fingerprint density at radius 3 is 2.52 bits per heavy atom. The monoisotopic (exact) mass is 473 g/mol. The maximum Gasteiger partial charge on any atom is 0.267 e. The van der Waals surface area contributed by atoms with Gasteiger partial charge in [0.2, 0.25) is 5.91 Å². The zero-order valence-electron chi connectivity index (χ0n) is 16.2. The molecule has 0 bridgehead atoms. The van der Waals surface area contributed by atoms with E-state index in [2.05, 4.69) is 31.5 Å². The molecule has 0 spiro atoms. The molecule has 3 aromatic rings. The van der Waals surface area contributed by atoms with Gasteiger partial charge in [0, 0.05) is 28.0 Å². The molecule has 2 N–H and O–H groups in total. The first kappa shape index (κ1) is 21.0. The molecule has 1 aromatic heterocycles. The lowest BCUT2D eigenvalue weighted by Crippen LogP contribution is -2.42. The van der Waals surface area contributed by atoms with Gasteiger partial charge in [0.1, 0.15) is 5.75 Å². The maximum atomic E-state index is 12.8. The molecule has 0 aliphatic rings. The number of benzene rings is 2. The summed E-state index contributed by atoms with van der Waals surface area (Å²) in [4.78, 5) is 28.3. The van der Waals surface area contributed by atoms with E-state index in [4.69, 9.17) is 4.74 Å². The highest BCUT2D eigenvalue weighted by Crippen LogP contribution is 2.28. The van der Waals surface area contributed by atoms with Crippen LogP contribution in [0.1, 0.15) is 20.8 Å². The highest BCUT2D eigenvalue weighted by atomic mass is 79.9. The third-order valence-corrected chi connectivity index (χ3v) is 5.22. The van der Waals surface area contributed by atoms with Crippen molar-refractivity contribution in [3.63, 3.8) is 0 Å². The number of aromatic nitrogens is 1. The number of anilines is 2. The largest absolute Gasteiger partial charge is 0.478 e. The first-order valence-electron chi connectivity index (χ1n) is 8.82. The van der Waals surface area contributed by atoms with E-state index in [9.17, 15) is 9.59 Å². The van der Waals surface area contributed by atoms with Crippen LogP contribution in [-0.4, -0.2) is 22.4 Å². The van der Waals surface area contributed by atoms with Crippen LogP contribution in [0.25, 0.3) is 11.3 Å². The number of hydrogen-bond donors (Lipinski definition) is 2. The van der Waals surface area contributed by atoms with Gasteiger partial charge in [0.15, 0.2) is 10.7 Å². The minimum absolute atomic E-state index is 0.167. The van der Waals surface area contributed by atoms with E-state index in [0.717, 1.165) is 15.7 Å². The van der Waals surface area contributed by atoms with E-state index in [0.29, 0.717) is 16.6 Å². The molecule has 2 aromatic carbocycles. The zero-order valence-corrected chi connectivity index (χ0v) is 18.6. The van der Waals surface area contributed by atoms with E-state index >= 15 is 0 Å². The van der Waals surface area contributed by atoms with Crippen LogP contribution < -0.4 is 15.4 Å². The topological polar surface area (TPSA) is 80.3 Å². The average molecular weight is 474 g/mol. The fraction of sp³-hybridized carbons (Fsp3) is 0.190. The zero-order chi connectivity index (χ0) is 21.0. The molecular formula is C21H20BrN3O3S. The lowest BCUT2D eigenvalue weighted by Gasteiger charge is -2.25. The summed E-state index contributed by atoms with van der Waals surface area (Å²) < 4.78 is 6.80. The van der Waals surface area contributed by atoms with Crippen molar-refractivity contribution in [2.45, 2.75) is 26.4 Å². The van der Waals surface area contributed by atoms with E-state index in [1.54, 1.807) is 32.0 Å². The average Bonchev–Trinajstić information content (AvgIpc) is 3.11. The molecule has 150 valence electrons. The first-order valence-corrected chi connectivity index (χ1v) is 10.5. The second kappa shape index (κ2) is 8.75. The normalized spacial score (nSPS) is 11.0. The Balaban J connectivity index is 1.71. The van der Waals surface area contributed by atoms with E-state index in [1.165, 1.54) is 18.3 Å². The Labute approximate surface area is 181 Å². The van der Waals surface area contributed by atoms with Gasteiger partial charge < -0.3 is 15.4 Å². The van der Waals surface area contributed by atoms with Crippen molar-refractivity contribution in [1.82, 2.24) is 4.98 Å². The van der Waals surface area contributed by atoms with Gasteiger partial charge in [0.25, 0.3) is 5.91 Å². The summed E-state index contributed by atoms with van der Waals surface area (Å²) >= 11 is 4.72. The number of nitrogens with zero attached hydrogens (tertiary/aromatic N) is 1. The summed E-state index contributed by atoms with van der Waals surface area (Å²) in [5, 5.41) is 7.95. The molecule has 0 saturated heterocycles. The molecule has 6 nitrogen and oxygen atoms in total. The Bertz CT molecular complexity index is 1030. The van der Waals surface area contributed by atoms with Crippen molar-refractivity contribution in [2.24, 2.45) is 0 Å². The Hall–Kier alpha value is -2.71. The molecule has 8 heteroatoms. The van der Waals surface area contributed by atoms with Crippen molar-refractivity contribution in [2.75, 3.05) is 10.6 Å². The number of nitrogens with one attached hydrogen (secondary N) is 2. The van der Waals surface area contributed by atoms with Gasteiger partial charge in [-0.2, -0.15) is 0 Å². The maximum absolute atomic E-state index is 12.8. The van der Waals surface area contributed by atoms with Crippen molar-refractivity contribution >= 4 is 49.9 Å². The predicted octanol–water partition coefficient (Wildman–Crippen LogP) is 5.33. The molecule has 2 amide bonds. The number of carbonyl (C=O) groups excluding carboxylic acids is 2. The number of halogens is 1. The van der Waals surface area contributed by atoms with Crippen LogP contribution in [0.15, 0.2) is 58.4 Å². The fourth-order valence-electron chi connectivity index (χ4n) is 2.50. The fourth-order valence-corrected chi connectivity index (χ4v) is 3.53. The summed E-state index contributed by atoms with van der Waals surface area (Å²) in [6, 6.07) is 14.7. The molecule has 0 saturated carbocycles. The summed E-state index contributed by atoms with van der Waals surface area (Å²) in [6.07, 6.45) is 0. The van der Waals surface area contributed by atoms with Crippen LogP contribution in [0.3, 0.4) is 0 Å². The standard InChI is InChI=1S/C21H20BrN3O3S/c1-13(26)23-20-25-18(12-29-20)14-5-4-6-16(11-14)24-19(27)21(2,3)28-17-9-7-15(22)8-10-17/h4-12H,1-3H3,(H,24,27)(H,23,25,26). The van der Waals surface area contributed by atoms with Gasteiger partial charge in [-0.05, 0) is 50.2 Å². The Morgan fingerprint density at radius 2 is 1.83 bits per heavy atom. The van der Waals surface area contributed by atoms with Gasteiger partial charge >= 0.3 is 0 Å². The lowest BCUT2D eigenvalue weighted by atomic mass is 10.1. The number of ether oxygens (including phenoxy) is 1. The summed E-state index contributed by atoms with van der Waals surface area (Å²) in [5.41, 5.74) is 1.12. The molecule has 3 rings (SSSR count). The predicted molar refractivity (Wildman–Crippen MR) is 119 cm³/mol. The summed E-state index contributed by atoms with van der Waals surface area (Å²) in [6.45, 7) is 4.87. The second-order valence-corrected chi connectivity index (χ2v) is 8.59. The van der Waals surface area contributed by atoms with E-state index in [-0.39, 0.29) is 11.8 Å². The molecule has 0 aliphatic heterocycles. The number of carbonyl (C=O) groups is 2.